The number of hydrogen-bond acceptors (Lipinski definition) is 1. The Labute approximate surface area is 81.1 Å². The molecule has 0 heterocycles. The van der Waals surface area contributed by atoms with Gasteiger partial charge in [-0.1, -0.05) is 31.6 Å². The van der Waals surface area contributed by atoms with E-state index in [1.54, 1.807) is 0 Å². The predicted octanol–water partition coefficient (Wildman–Crippen LogP) is 4.04. The third-order valence-corrected chi connectivity index (χ3v) is 2.72. The van der Waals surface area contributed by atoms with Crippen molar-refractivity contribution in [3.8, 4) is 0 Å². The van der Waals surface area contributed by atoms with Gasteiger partial charge in [0.25, 0.3) is 0 Å². The van der Waals surface area contributed by atoms with Gasteiger partial charge in [-0.25, -0.2) is 4.79 Å². The molecule has 1 aromatic carbocycles. The van der Waals surface area contributed by atoms with Crippen LogP contribution in [0.2, 0.25) is 0 Å². The highest BCUT2D eigenvalue weighted by molar-refractivity contribution is 8.45. The monoisotopic (exact) mass is 248 g/mol. The number of carboxylic acid groups (broad SMARTS) is 1. The summed E-state index contributed by atoms with van der Waals surface area (Å²) in [6.07, 6.45) is 0. The molecule has 0 aliphatic rings. The maximum atomic E-state index is 12.3. The van der Waals surface area contributed by atoms with E-state index >= 15 is 0 Å². The summed E-state index contributed by atoms with van der Waals surface area (Å²) in [5.74, 6) is -2.04. The molecule has 15 heavy (non-hydrogen) atoms. The van der Waals surface area contributed by atoms with Gasteiger partial charge < -0.3 is 5.11 Å². The van der Waals surface area contributed by atoms with Gasteiger partial charge in [0.1, 0.15) is 4.90 Å². The summed E-state index contributed by atoms with van der Waals surface area (Å²) < 4.78 is 61.5. The van der Waals surface area contributed by atoms with Crippen LogP contribution in [0.4, 0.5) is 19.4 Å². The minimum absolute atomic E-state index is 0.0605. The molecule has 0 saturated carbocycles. The zero-order valence-corrected chi connectivity index (χ0v) is 7.78. The highest BCUT2D eigenvalue weighted by atomic mass is 32.5. The summed E-state index contributed by atoms with van der Waals surface area (Å²) in [7, 11) is -9.93. The van der Waals surface area contributed by atoms with Crippen molar-refractivity contribution >= 4 is 16.2 Å². The zero-order chi connectivity index (χ0) is 12.0. The summed E-state index contributed by atoms with van der Waals surface area (Å²) in [5.41, 5.74) is -1.45. The second-order valence-electron chi connectivity index (χ2n) is 2.77. The van der Waals surface area contributed by atoms with Crippen LogP contribution in [0.15, 0.2) is 29.2 Å². The van der Waals surface area contributed by atoms with Gasteiger partial charge >= 0.3 is 16.2 Å². The molecule has 0 unspecified atom stereocenters. The van der Waals surface area contributed by atoms with Gasteiger partial charge in [-0.3, -0.25) is 0 Å². The van der Waals surface area contributed by atoms with Crippen molar-refractivity contribution in [3.63, 3.8) is 0 Å². The van der Waals surface area contributed by atoms with Crippen molar-refractivity contribution in [1.29, 1.82) is 0 Å². The van der Waals surface area contributed by atoms with Crippen LogP contribution >= 0.6 is 10.2 Å². The minimum Gasteiger partial charge on any atom is -0.478 e. The Bertz CT molecular complexity index is 424. The van der Waals surface area contributed by atoms with Gasteiger partial charge in [0.05, 0.1) is 5.56 Å². The Morgan fingerprint density at radius 3 is 1.87 bits per heavy atom. The topological polar surface area (TPSA) is 37.3 Å². The van der Waals surface area contributed by atoms with Crippen LogP contribution in [0, 0.1) is 0 Å². The maximum absolute atomic E-state index is 12.3. The van der Waals surface area contributed by atoms with E-state index in [0.29, 0.717) is 12.1 Å². The molecule has 0 bridgehead atoms. The first-order valence-corrected chi connectivity index (χ1v) is 5.43. The smallest absolute Gasteiger partial charge is 0.337 e. The molecule has 1 N–H and O–H groups in total. The molecule has 0 atom stereocenters. The third-order valence-electron chi connectivity index (χ3n) is 1.53. The lowest BCUT2D eigenvalue weighted by molar-refractivity contribution is 0.0690. The number of aromatic carboxylic acids is 1. The van der Waals surface area contributed by atoms with E-state index in [9.17, 15) is 24.2 Å². The highest BCUT2D eigenvalue weighted by Crippen LogP contribution is 3.02. The fraction of sp³-hybridized carbons (Fsp3) is 0. The first-order valence-electron chi connectivity index (χ1n) is 3.48. The summed E-state index contributed by atoms with van der Waals surface area (Å²) in [6, 6.07) is 2.19. The SMILES string of the molecule is O=C(O)c1ccccc1S(F)(F)(F)(F)F. The van der Waals surface area contributed by atoms with Crippen molar-refractivity contribution < 1.29 is 29.3 Å². The Balaban J connectivity index is 3.61. The first-order chi connectivity index (χ1) is 6.41. The van der Waals surface area contributed by atoms with E-state index < -0.39 is 26.7 Å². The first kappa shape index (κ1) is 11.8. The fourth-order valence-electron chi connectivity index (χ4n) is 0.980. The molecular weight excluding hydrogens is 243 g/mol. The van der Waals surface area contributed by atoms with Crippen molar-refractivity contribution in [3.05, 3.63) is 29.8 Å². The molecule has 1 aromatic rings. The van der Waals surface area contributed by atoms with E-state index in [1.165, 1.54) is 0 Å². The lowest BCUT2D eigenvalue weighted by Crippen LogP contribution is -2.12. The molecule has 2 nitrogen and oxygen atoms in total. The number of carbonyl (C=O) groups is 1. The summed E-state index contributed by atoms with van der Waals surface area (Å²) in [5, 5.41) is 8.34. The average Bonchev–Trinajstić information content (AvgIpc) is 2.00. The molecule has 0 aliphatic carbocycles. The standard InChI is InChI=1S/C7H5F5O2S/c8-15(9,10,11,12)6-4-2-1-3-5(6)7(13)14/h1-4H,(H,13,14). The molecule has 8 heteroatoms. The Morgan fingerprint density at radius 1 is 1.07 bits per heavy atom. The summed E-state index contributed by atoms with van der Waals surface area (Å²) >= 11 is 0. The molecule has 0 spiro atoms. The minimum atomic E-state index is -9.93. The molecule has 1 rings (SSSR count). The van der Waals surface area contributed by atoms with E-state index in [1.807, 2.05) is 0 Å². The quantitative estimate of drug-likeness (QED) is 0.802. The molecule has 0 amide bonds. The summed E-state index contributed by atoms with van der Waals surface area (Å²) in [6.45, 7) is 0. The second-order valence-corrected chi connectivity index (χ2v) is 5.15. The second kappa shape index (κ2) is 2.43. The van der Waals surface area contributed by atoms with E-state index in [-0.39, 0.29) is 6.07 Å². The van der Waals surface area contributed by atoms with Crippen LogP contribution in [0.5, 0.6) is 0 Å². The summed E-state index contributed by atoms with van der Waals surface area (Å²) in [4.78, 5) is 7.97. The highest BCUT2D eigenvalue weighted by Gasteiger charge is 2.66. The van der Waals surface area contributed by atoms with Gasteiger partial charge in [-0.15, -0.1) is 0 Å². The number of rotatable bonds is 2. The molecule has 0 fully saturated rings. The maximum Gasteiger partial charge on any atom is 0.337 e. The molecule has 0 saturated heterocycles. The lowest BCUT2D eigenvalue weighted by atomic mass is 10.2. The van der Waals surface area contributed by atoms with Crippen molar-refractivity contribution in [2.45, 2.75) is 4.90 Å². The fourth-order valence-corrected chi connectivity index (χ4v) is 1.89. The zero-order valence-electron chi connectivity index (χ0n) is 6.96. The van der Waals surface area contributed by atoms with Crippen LogP contribution in [0.3, 0.4) is 0 Å². The van der Waals surface area contributed by atoms with Crippen molar-refractivity contribution in [2.75, 3.05) is 0 Å². The van der Waals surface area contributed by atoms with E-state index in [0.717, 1.165) is 6.07 Å². The molecule has 0 aliphatic heterocycles. The van der Waals surface area contributed by atoms with Crippen LogP contribution in [-0.4, -0.2) is 11.1 Å². The Morgan fingerprint density at radius 2 is 1.53 bits per heavy atom. The van der Waals surface area contributed by atoms with Crippen LogP contribution in [-0.2, 0) is 0 Å². The Hall–Kier alpha value is -1.31. The van der Waals surface area contributed by atoms with Gasteiger partial charge in [-0.2, -0.15) is 0 Å². The average molecular weight is 248 g/mol. The number of halogens is 5. The largest absolute Gasteiger partial charge is 0.478 e. The molecule has 0 aromatic heterocycles. The van der Waals surface area contributed by atoms with Crippen molar-refractivity contribution in [1.82, 2.24) is 0 Å². The van der Waals surface area contributed by atoms with Crippen molar-refractivity contribution in [2.24, 2.45) is 0 Å². The van der Waals surface area contributed by atoms with E-state index in [2.05, 4.69) is 0 Å². The normalized spacial score (nSPS) is 16.6. The lowest BCUT2D eigenvalue weighted by Gasteiger charge is -2.41. The Kier molecular flexibility index (Phi) is 1.91. The van der Waals surface area contributed by atoms with Crippen LogP contribution in [0.25, 0.3) is 0 Å². The molecule has 86 valence electrons. The van der Waals surface area contributed by atoms with Gasteiger partial charge in [0.2, 0.25) is 0 Å². The predicted molar refractivity (Wildman–Crippen MR) is 44.8 cm³/mol. The van der Waals surface area contributed by atoms with Gasteiger partial charge in [-0.05, 0) is 12.1 Å². The van der Waals surface area contributed by atoms with Gasteiger partial charge in [0.15, 0.2) is 0 Å². The number of benzene rings is 1. The number of hydrogen-bond donors (Lipinski definition) is 1. The molecular formula is C7H5F5O2S. The van der Waals surface area contributed by atoms with Gasteiger partial charge in [0, 0.05) is 0 Å². The molecule has 0 radical (unpaired) electrons. The number of carboxylic acids is 1. The third kappa shape index (κ3) is 2.58. The van der Waals surface area contributed by atoms with Crippen LogP contribution < -0.4 is 0 Å². The van der Waals surface area contributed by atoms with E-state index in [4.69, 9.17) is 5.11 Å². The van der Waals surface area contributed by atoms with Crippen LogP contribution in [0.1, 0.15) is 10.4 Å².